The van der Waals surface area contributed by atoms with E-state index < -0.39 is 35.8 Å². The van der Waals surface area contributed by atoms with Crippen LogP contribution < -0.4 is 15.4 Å². The first-order valence-corrected chi connectivity index (χ1v) is 18.1. The quantitative estimate of drug-likeness (QED) is 0.198. The Labute approximate surface area is 300 Å². The van der Waals surface area contributed by atoms with E-state index in [4.69, 9.17) is 18.9 Å². The topological polar surface area (TPSA) is 139 Å². The van der Waals surface area contributed by atoms with E-state index in [9.17, 15) is 19.8 Å². The van der Waals surface area contributed by atoms with Gasteiger partial charge in [0.1, 0.15) is 18.5 Å². The standard InChI is InChI=1S/C40H51N3O8/c1-27-22-32(26-50-27)51-39(47)41-34(23-28-8-4-3-5-9-28)36(45)25-40(2,38(46)42-37-33-11-7-6-10-29(33)24-35(37)44)30-12-14-31(15-13-30)49-21-18-43-16-19-48-20-17-43/h3-15,27,32,34-37,44-45H,16-26H2,1-2H3,(H,41,47)(H,42,46)/t27-,32+,34+,35-,36+,37+,40-/m1/s1. The van der Waals surface area contributed by atoms with Crippen LogP contribution in [0.15, 0.2) is 78.9 Å². The molecule has 11 nitrogen and oxygen atoms in total. The molecule has 11 heteroatoms. The minimum atomic E-state index is -1.27. The highest BCUT2D eigenvalue weighted by atomic mass is 16.6. The number of aliphatic hydroxyl groups excluding tert-OH is 2. The van der Waals surface area contributed by atoms with Crippen LogP contribution in [0.5, 0.6) is 5.75 Å². The van der Waals surface area contributed by atoms with Gasteiger partial charge < -0.3 is 39.8 Å². The molecule has 1 aliphatic carbocycles. The Hall–Kier alpha value is -4.00. The van der Waals surface area contributed by atoms with E-state index in [2.05, 4.69) is 15.5 Å². The number of rotatable bonds is 14. The number of aliphatic hydroxyl groups is 2. The zero-order chi connectivity index (χ0) is 35.8. The first-order chi connectivity index (χ1) is 24.7. The number of alkyl carbamates (subject to hydrolysis) is 1. The molecule has 3 aliphatic rings. The Kier molecular flexibility index (Phi) is 12.3. The molecule has 6 rings (SSSR count). The molecule has 2 amide bonds. The van der Waals surface area contributed by atoms with Gasteiger partial charge >= 0.3 is 6.09 Å². The third-order valence-electron chi connectivity index (χ3n) is 10.4. The van der Waals surface area contributed by atoms with Crippen LogP contribution >= 0.6 is 0 Å². The average Bonchev–Trinajstić information content (AvgIpc) is 3.69. The SMILES string of the molecule is C[C@@H]1C[C@H](OC(=O)N[C@@H](Cc2ccccc2)[C@@H](O)C[C@@](C)(C(=O)N[C@H]2c3ccccc3C[C@H]2O)c2ccc(OCCN3CCOCC3)cc2)CO1. The molecule has 0 saturated carbocycles. The highest BCUT2D eigenvalue weighted by Crippen LogP contribution is 2.36. The summed E-state index contributed by atoms with van der Waals surface area (Å²) < 4.78 is 22.7. The van der Waals surface area contributed by atoms with Crippen LogP contribution in [-0.2, 0) is 37.3 Å². The molecule has 0 spiro atoms. The molecule has 2 aliphatic heterocycles. The predicted octanol–water partition coefficient (Wildman–Crippen LogP) is 3.70. The predicted molar refractivity (Wildman–Crippen MR) is 192 cm³/mol. The second-order valence-corrected chi connectivity index (χ2v) is 14.2. The average molecular weight is 702 g/mol. The maximum Gasteiger partial charge on any atom is 0.407 e. The molecule has 0 bridgehead atoms. The van der Waals surface area contributed by atoms with Gasteiger partial charge in [-0.2, -0.15) is 0 Å². The molecule has 2 heterocycles. The number of morpholine rings is 1. The lowest BCUT2D eigenvalue weighted by molar-refractivity contribution is -0.129. The van der Waals surface area contributed by atoms with E-state index >= 15 is 0 Å². The normalized spacial score (nSPS) is 24.2. The zero-order valence-corrected chi connectivity index (χ0v) is 29.5. The molecule has 7 atom stereocenters. The molecule has 51 heavy (non-hydrogen) atoms. The van der Waals surface area contributed by atoms with Crippen molar-refractivity contribution in [3.05, 3.63) is 101 Å². The Morgan fingerprint density at radius 2 is 1.75 bits per heavy atom. The van der Waals surface area contributed by atoms with Gasteiger partial charge in [-0.05, 0) is 61.1 Å². The van der Waals surface area contributed by atoms with Crippen LogP contribution in [0, 0.1) is 0 Å². The third kappa shape index (κ3) is 9.46. The third-order valence-corrected chi connectivity index (χ3v) is 10.4. The summed E-state index contributed by atoms with van der Waals surface area (Å²) in [5.74, 6) is 0.327. The van der Waals surface area contributed by atoms with Crippen molar-refractivity contribution in [2.24, 2.45) is 0 Å². The second kappa shape index (κ2) is 17.0. The van der Waals surface area contributed by atoms with Gasteiger partial charge in [0, 0.05) is 32.5 Å². The molecule has 3 aromatic carbocycles. The van der Waals surface area contributed by atoms with Crippen LogP contribution in [-0.4, -0.2) is 104 Å². The monoisotopic (exact) mass is 701 g/mol. The maximum atomic E-state index is 14.5. The summed E-state index contributed by atoms with van der Waals surface area (Å²) in [5.41, 5.74) is 2.18. The molecule has 4 N–H and O–H groups in total. The van der Waals surface area contributed by atoms with Gasteiger partial charge in [0.15, 0.2) is 0 Å². The van der Waals surface area contributed by atoms with E-state index in [1.54, 1.807) is 6.92 Å². The fraction of sp³-hybridized carbons (Fsp3) is 0.500. The first kappa shape index (κ1) is 36.8. The number of carbonyl (C=O) groups excluding carboxylic acids is 2. The van der Waals surface area contributed by atoms with Gasteiger partial charge in [0.25, 0.3) is 0 Å². The van der Waals surface area contributed by atoms with Crippen molar-refractivity contribution in [1.82, 2.24) is 15.5 Å². The van der Waals surface area contributed by atoms with E-state index in [-0.39, 0.29) is 24.5 Å². The van der Waals surface area contributed by atoms with Crippen molar-refractivity contribution in [2.75, 3.05) is 46.1 Å². The van der Waals surface area contributed by atoms with Crippen molar-refractivity contribution in [1.29, 1.82) is 0 Å². The summed E-state index contributed by atoms with van der Waals surface area (Å²) >= 11 is 0. The lowest BCUT2D eigenvalue weighted by atomic mass is 9.75. The second-order valence-electron chi connectivity index (χ2n) is 14.2. The summed E-state index contributed by atoms with van der Waals surface area (Å²) in [5, 5.41) is 29.0. The molecule has 0 unspecified atom stereocenters. The van der Waals surface area contributed by atoms with Crippen LogP contribution in [0.1, 0.15) is 55.0 Å². The van der Waals surface area contributed by atoms with Crippen LogP contribution in [0.2, 0.25) is 0 Å². The smallest absolute Gasteiger partial charge is 0.407 e. The number of fused-ring (bicyclic) bond motifs is 1. The first-order valence-electron chi connectivity index (χ1n) is 18.1. The maximum absolute atomic E-state index is 14.5. The molecular formula is C40H51N3O8. The Bertz CT molecular complexity index is 1580. The minimum Gasteiger partial charge on any atom is -0.492 e. The van der Waals surface area contributed by atoms with Gasteiger partial charge in [-0.25, -0.2) is 4.79 Å². The van der Waals surface area contributed by atoms with Crippen LogP contribution in [0.4, 0.5) is 4.79 Å². The van der Waals surface area contributed by atoms with Gasteiger partial charge in [-0.1, -0.05) is 66.7 Å². The molecule has 3 aromatic rings. The van der Waals surface area contributed by atoms with Gasteiger partial charge in [-0.3, -0.25) is 9.69 Å². The van der Waals surface area contributed by atoms with Crippen molar-refractivity contribution < 1.29 is 38.7 Å². The highest BCUT2D eigenvalue weighted by molar-refractivity contribution is 5.88. The fourth-order valence-corrected chi connectivity index (χ4v) is 7.34. The van der Waals surface area contributed by atoms with Crippen LogP contribution in [0.25, 0.3) is 0 Å². The van der Waals surface area contributed by atoms with Gasteiger partial charge in [0.2, 0.25) is 5.91 Å². The number of hydrogen-bond acceptors (Lipinski definition) is 9. The van der Waals surface area contributed by atoms with Crippen molar-refractivity contribution in [3.63, 3.8) is 0 Å². The van der Waals surface area contributed by atoms with Gasteiger partial charge in [-0.15, -0.1) is 0 Å². The summed E-state index contributed by atoms with van der Waals surface area (Å²) in [7, 11) is 0. The minimum absolute atomic E-state index is 0.000338. The van der Waals surface area contributed by atoms with E-state index in [0.29, 0.717) is 43.8 Å². The number of nitrogens with zero attached hydrogens (tertiary/aromatic N) is 1. The summed E-state index contributed by atoms with van der Waals surface area (Å²) in [6.07, 6.45) is -1.63. The van der Waals surface area contributed by atoms with E-state index in [1.807, 2.05) is 85.8 Å². The zero-order valence-electron chi connectivity index (χ0n) is 29.5. The van der Waals surface area contributed by atoms with E-state index in [0.717, 1.165) is 49.5 Å². The van der Waals surface area contributed by atoms with Gasteiger partial charge in [0.05, 0.1) is 55.6 Å². The van der Waals surface area contributed by atoms with E-state index in [1.165, 1.54) is 0 Å². The van der Waals surface area contributed by atoms with Crippen molar-refractivity contribution in [3.8, 4) is 5.75 Å². The number of hydrogen-bond donors (Lipinski definition) is 4. The number of ether oxygens (including phenoxy) is 4. The molecule has 274 valence electrons. The Morgan fingerprint density at radius 1 is 1.02 bits per heavy atom. The molecular weight excluding hydrogens is 650 g/mol. The number of amides is 2. The van der Waals surface area contributed by atoms with Crippen LogP contribution in [0.3, 0.4) is 0 Å². The molecule has 2 saturated heterocycles. The molecule has 0 aromatic heterocycles. The number of nitrogens with one attached hydrogen (secondary N) is 2. The lowest BCUT2D eigenvalue weighted by Gasteiger charge is -2.35. The molecule has 2 fully saturated rings. The lowest BCUT2D eigenvalue weighted by Crippen LogP contribution is -2.52. The Balaban J connectivity index is 1.22. The summed E-state index contributed by atoms with van der Waals surface area (Å²) in [6.45, 7) is 8.56. The van der Waals surface area contributed by atoms with Crippen molar-refractivity contribution >= 4 is 12.0 Å². The highest BCUT2D eigenvalue weighted by Gasteiger charge is 2.43. The largest absolute Gasteiger partial charge is 0.492 e. The fourth-order valence-electron chi connectivity index (χ4n) is 7.34. The Morgan fingerprint density at radius 3 is 2.47 bits per heavy atom. The summed E-state index contributed by atoms with van der Waals surface area (Å²) in [4.78, 5) is 30.0. The number of carbonyl (C=O) groups is 2. The summed E-state index contributed by atoms with van der Waals surface area (Å²) in [6, 6.07) is 23.3. The van der Waals surface area contributed by atoms with Crippen molar-refractivity contribution in [2.45, 2.75) is 81.4 Å². The number of benzene rings is 3. The molecule has 0 radical (unpaired) electrons.